The van der Waals surface area contributed by atoms with Gasteiger partial charge in [0.05, 0.1) is 25.0 Å². The predicted octanol–water partition coefficient (Wildman–Crippen LogP) is 5.26. The van der Waals surface area contributed by atoms with Crippen LogP contribution in [0.25, 0.3) is 0 Å². The molecule has 0 fully saturated rings. The Morgan fingerprint density at radius 3 is 2.53 bits per heavy atom. The van der Waals surface area contributed by atoms with Crippen LogP contribution in [0, 0.1) is 5.92 Å². The summed E-state index contributed by atoms with van der Waals surface area (Å²) < 4.78 is 6.05. The minimum Gasteiger partial charge on any atom is -0.494 e. The van der Waals surface area contributed by atoms with Gasteiger partial charge in [0.2, 0.25) is 5.91 Å². The summed E-state index contributed by atoms with van der Waals surface area (Å²) in [5.41, 5.74) is 4.49. The van der Waals surface area contributed by atoms with Crippen LogP contribution in [0.3, 0.4) is 0 Å². The Balaban J connectivity index is 1.51. The number of aliphatic carboxylic acids is 1. The summed E-state index contributed by atoms with van der Waals surface area (Å²) in [6.07, 6.45) is 7.12. The number of hydrogen-bond acceptors (Lipinski definition) is 4. The Kier molecular flexibility index (Phi) is 8.71. The van der Waals surface area contributed by atoms with Gasteiger partial charge in [-0.3, -0.25) is 14.6 Å². The second-order valence-corrected chi connectivity index (χ2v) is 9.36. The number of hydrogen-bond donors (Lipinski definition) is 1. The molecule has 2 heterocycles. The van der Waals surface area contributed by atoms with Gasteiger partial charge >= 0.3 is 5.97 Å². The van der Waals surface area contributed by atoms with Crippen molar-refractivity contribution in [3.8, 4) is 5.75 Å². The Hall–Kier alpha value is -3.67. The van der Waals surface area contributed by atoms with Gasteiger partial charge in [-0.05, 0) is 78.6 Å². The second-order valence-electron chi connectivity index (χ2n) is 9.36. The number of amides is 1. The largest absolute Gasteiger partial charge is 0.494 e. The van der Waals surface area contributed by atoms with Gasteiger partial charge in [-0.2, -0.15) is 0 Å². The van der Waals surface area contributed by atoms with Gasteiger partial charge in [0.1, 0.15) is 5.75 Å². The number of ether oxygens (including phenoxy) is 1. The number of carbonyl (C=O) groups excluding carboxylic acids is 1. The number of fused-ring (bicyclic) bond motifs is 1. The minimum absolute atomic E-state index is 0.0730. The van der Waals surface area contributed by atoms with Crippen LogP contribution in [-0.4, -0.2) is 40.0 Å². The number of nitrogens with zero attached hydrogens (tertiary/aromatic N) is 2. The monoisotopic (exact) mass is 486 g/mol. The van der Waals surface area contributed by atoms with Crippen molar-refractivity contribution in [1.29, 1.82) is 0 Å². The summed E-state index contributed by atoms with van der Waals surface area (Å²) >= 11 is 0. The highest BCUT2D eigenvalue weighted by Crippen LogP contribution is 2.36. The standard InChI is InChI=1S/C30H34N2O4/c1-2-28-27-11-10-26(36-18-6-9-23-12-15-31-16-13-23)20-24(27)19-25(21-29(33)34)30(35)32(28)17-14-22-7-4-3-5-8-22/h3-5,7-8,10-13,15-16,20,25,28H,2,6,9,14,17-19,21H2,1H3,(H,33,34). The zero-order chi connectivity index (χ0) is 25.3. The van der Waals surface area contributed by atoms with E-state index in [1.54, 1.807) is 12.4 Å². The number of rotatable bonds is 11. The maximum absolute atomic E-state index is 13.6. The van der Waals surface area contributed by atoms with Gasteiger partial charge in [-0.25, -0.2) is 0 Å². The molecule has 0 spiro atoms. The normalized spacial score (nSPS) is 17.4. The summed E-state index contributed by atoms with van der Waals surface area (Å²) in [7, 11) is 0. The van der Waals surface area contributed by atoms with Gasteiger partial charge < -0.3 is 14.7 Å². The third-order valence-electron chi connectivity index (χ3n) is 6.87. The molecule has 0 saturated carbocycles. The van der Waals surface area contributed by atoms with Crippen molar-refractivity contribution >= 4 is 11.9 Å². The van der Waals surface area contributed by atoms with Crippen molar-refractivity contribution in [3.05, 3.63) is 95.3 Å². The maximum Gasteiger partial charge on any atom is 0.304 e. The molecule has 3 aromatic rings. The molecule has 0 bridgehead atoms. The number of carboxylic acid groups (broad SMARTS) is 1. The molecule has 4 rings (SSSR count). The van der Waals surface area contributed by atoms with Crippen LogP contribution in [0.2, 0.25) is 0 Å². The minimum atomic E-state index is -0.948. The summed E-state index contributed by atoms with van der Waals surface area (Å²) in [4.78, 5) is 31.2. The Bertz CT molecular complexity index is 1150. The van der Waals surface area contributed by atoms with Crippen LogP contribution < -0.4 is 4.74 Å². The lowest BCUT2D eigenvalue weighted by molar-refractivity contribution is -0.145. The smallest absolute Gasteiger partial charge is 0.304 e. The molecule has 6 heteroatoms. The van der Waals surface area contributed by atoms with E-state index in [-0.39, 0.29) is 18.4 Å². The molecule has 6 nitrogen and oxygen atoms in total. The highest BCUT2D eigenvalue weighted by atomic mass is 16.5. The molecule has 1 aliphatic rings. The Morgan fingerprint density at radius 1 is 1.06 bits per heavy atom. The summed E-state index contributed by atoms with van der Waals surface area (Å²) in [5, 5.41) is 9.53. The average Bonchev–Trinajstić information content (AvgIpc) is 3.00. The molecule has 1 aliphatic heterocycles. The number of carboxylic acids is 1. The zero-order valence-corrected chi connectivity index (χ0v) is 20.8. The first-order valence-electron chi connectivity index (χ1n) is 12.8. The average molecular weight is 487 g/mol. The fraction of sp³-hybridized carbons (Fsp3) is 0.367. The number of pyridine rings is 1. The van der Waals surface area contributed by atoms with Crippen molar-refractivity contribution < 1.29 is 19.4 Å². The van der Waals surface area contributed by atoms with Crippen molar-refractivity contribution in [1.82, 2.24) is 9.88 Å². The van der Waals surface area contributed by atoms with E-state index in [9.17, 15) is 14.7 Å². The van der Waals surface area contributed by atoms with Crippen molar-refractivity contribution in [2.45, 2.75) is 51.5 Å². The molecule has 0 aliphatic carbocycles. The van der Waals surface area contributed by atoms with E-state index < -0.39 is 11.9 Å². The van der Waals surface area contributed by atoms with Crippen LogP contribution in [0.15, 0.2) is 73.1 Å². The first kappa shape index (κ1) is 25.4. The Morgan fingerprint density at radius 2 is 1.81 bits per heavy atom. The number of carbonyl (C=O) groups is 2. The van der Waals surface area contributed by atoms with Gasteiger partial charge in [0.15, 0.2) is 0 Å². The van der Waals surface area contributed by atoms with Crippen molar-refractivity contribution in [2.24, 2.45) is 5.92 Å². The molecule has 188 valence electrons. The zero-order valence-electron chi connectivity index (χ0n) is 20.8. The molecule has 1 N–H and O–H groups in total. The highest BCUT2D eigenvalue weighted by molar-refractivity contribution is 5.84. The predicted molar refractivity (Wildman–Crippen MR) is 139 cm³/mol. The quantitative estimate of drug-likeness (QED) is 0.374. The molecular weight excluding hydrogens is 452 g/mol. The molecule has 2 unspecified atom stereocenters. The SMILES string of the molecule is CCC1c2ccc(OCCCc3ccncc3)cc2CC(CC(=O)O)C(=O)N1CCc1ccccc1. The first-order chi connectivity index (χ1) is 17.5. The first-order valence-corrected chi connectivity index (χ1v) is 12.8. The lowest BCUT2D eigenvalue weighted by Crippen LogP contribution is -2.39. The third kappa shape index (κ3) is 6.51. The van der Waals surface area contributed by atoms with E-state index in [0.29, 0.717) is 19.6 Å². The number of aromatic nitrogens is 1. The fourth-order valence-electron chi connectivity index (χ4n) is 5.07. The van der Waals surface area contributed by atoms with E-state index in [2.05, 4.69) is 30.1 Å². The van der Waals surface area contributed by atoms with Crippen LogP contribution in [0.5, 0.6) is 5.75 Å². The van der Waals surface area contributed by atoms with E-state index in [4.69, 9.17) is 4.74 Å². The maximum atomic E-state index is 13.6. The summed E-state index contributed by atoms with van der Waals surface area (Å²) in [5.74, 6) is -0.847. The van der Waals surface area contributed by atoms with Gasteiger partial charge in [0, 0.05) is 18.9 Å². The van der Waals surface area contributed by atoms with Crippen LogP contribution in [0.1, 0.15) is 54.5 Å². The topological polar surface area (TPSA) is 79.7 Å². The number of benzene rings is 2. The molecule has 1 aromatic heterocycles. The molecule has 1 amide bonds. The molecular formula is C30H34N2O4. The van der Waals surface area contributed by atoms with E-state index in [0.717, 1.165) is 48.1 Å². The lowest BCUT2D eigenvalue weighted by atomic mass is 9.92. The molecule has 0 saturated heterocycles. The number of aryl methyl sites for hydroxylation is 1. The van der Waals surface area contributed by atoms with Gasteiger partial charge in [-0.15, -0.1) is 0 Å². The van der Waals surface area contributed by atoms with Crippen molar-refractivity contribution in [3.63, 3.8) is 0 Å². The van der Waals surface area contributed by atoms with E-state index in [1.807, 2.05) is 47.4 Å². The molecule has 2 aromatic carbocycles. The van der Waals surface area contributed by atoms with Crippen molar-refractivity contribution in [2.75, 3.05) is 13.2 Å². The van der Waals surface area contributed by atoms with Gasteiger partial charge in [0.25, 0.3) is 0 Å². The van der Waals surface area contributed by atoms with Crippen LogP contribution in [0.4, 0.5) is 0 Å². The molecule has 36 heavy (non-hydrogen) atoms. The lowest BCUT2D eigenvalue weighted by Gasteiger charge is -2.32. The summed E-state index contributed by atoms with van der Waals surface area (Å²) in [6.45, 7) is 3.22. The van der Waals surface area contributed by atoms with Crippen LogP contribution >= 0.6 is 0 Å². The molecule has 0 radical (unpaired) electrons. The van der Waals surface area contributed by atoms with E-state index >= 15 is 0 Å². The molecule has 2 atom stereocenters. The third-order valence-corrected chi connectivity index (χ3v) is 6.87. The Labute approximate surface area is 212 Å². The highest BCUT2D eigenvalue weighted by Gasteiger charge is 2.36. The van der Waals surface area contributed by atoms with Gasteiger partial charge in [-0.1, -0.05) is 43.3 Å². The fourth-order valence-corrected chi connectivity index (χ4v) is 5.07. The van der Waals surface area contributed by atoms with Crippen LogP contribution in [-0.2, 0) is 28.9 Å². The second kappa shape index (κ2) is 12.3. The van der Waals surface area contributed by atoms with E-state index in [1.165, 1.54) is 5.56 Å². The summed E-state index contributed by atoms with van der Waals surface area (Å²) in [6, 6.07) is 20.1.